The summed E-state index contributed by atoms with van der Waals surface area (Å²) in [5.41, 5.74) is 9.08. The topological polar surface area (TPSA) is 73.3 Å². The second kappa shape index (κ2) is 5.33. The predicted octanol–water partition coefficient (Wildman–Crippen LogP) is 3.22. The van der Waals surface area contributed by atoms with Crippen LogP contribution in [0.3, 0.4) is 0 Å². The van der Waals surface area contributed by atoms with Gasteiger partial charge in [0.1, 0.15) is 22.0 Å². The number of primary amides is 1. The molecule has 0 saturated heterocycles. The number of pyridine rings is 1. The zero-order chi connectivity index (χ0) is 15.8. The maximum atomic E-state index is 11.9. The lowest BCUT2D eigenvalue weighted by atomic mass is 10.1. The average Bonchev–Trinajstić information content (AvgIpc) is 3.22. The van der Waals surface area contributed by atoms with Gasteiger partial charge in [0.05, 0.1) is 0 Å². The van der Waals surface area contributed by atoms with Gasteiger partial charge in [0.25, 0.3) is 5.91 Å². The summed E-state index contributed by atoms with van der Waals surface area (Å²) in [4.78, 5) is 20.8. The molecule has 2 N–H and O–H groups in total. The van der Waals surface area contributed by atoms with Crippen LogP contribution >= 0.6 is 11.3 Å². The number of hydrogen-bond acceptors (Lipinski definition) is 4. The van der Waals surface area contributed by atoms with Crippen molar-refractivity contribution in [3.05, 3.63) is 65.9 Å². The average molecular weight is 320 g/mol. The van der Waals surface area contributed by atoms with Gasteiger partial charge in [-0.15, -0.1) is 11.3 Å². The Labute approximate surface area is 136 Å². The fourth-order valence-electron chi connectivity index (χ4n) is 2.60. The van der Waals surface area contributed by atoms with E-state index in [2.05, 4.69) is 9.97 Å². The van der Waals surface area contributed by atoms with Gasteiger partial charge in [-0.1, -0.05) is 24.3 Å². The van der Waals surface area contributed by atoms with Gasteiger partial charge in [0, 0.05) is 28.9 Å². The van der Waals surface area contributed by atoms with Gasteiger partial charge < -0.3 is 5.73 Å². The van der Waals surface area contributed by atoms with E-state index in [0.717, 1.165) is 16.1 Å². The van der Waals surface area contributed by atoms with E-state index in [0.29, 0.717) is 17.0 Å². The first-order chi connectivity index (χ1) is 11.2. The molecule has 0 aliphatic heterocycles. The SMILES string of the molecule is NC(=O)c1c(-c2cccc(-c3nccs3)c2)nc2ccccn12. The number of rotatable bonds is 3. The molecule has 1 amide bonds. The van der Waals surface area contributed by atoms with Crippen LogP contribution in [-0.4, -0.2) is 20.3 Å². The van der Waals surface area contributed by atoms with Crippen molar-refractivity contribution in [3.8, 4) is 21.8 Å². The maximum absolute atomic E-state index is 11.9. The lowest BCUT2D eigenvalue weighted by molar-refractivity contribution is 0.0995. The normalized spacial score (nSPS) is 11.0. The molecule has 0 fully saturated rings. The Balaban J connectivity index is 1.94. The molecular weight excluding hydrogens is 308 g/mol. The number of hydrogen-bond donors (Lipinski definition) is 1. The monoisotopic (exact) mass is 320 g/mol. The number of carbonyl (C=O) groups is 1. The lowest BCUT2D eigenvalue weighted by Crippen LogP contribution is -2.14. The van der Waals surface area contributed by atoms with Crippen molar-refractivity contribution in [1.29, 1.82) is 0 Å². The van der Waals surface area contributed by atoms with Gasteiger partial charge in [0.2, 0.25) is 0 Å². The lowest BCUT2D eigenvalue weighted by Gasteiger charge is -2.03. The molecule has 1 aromatic carbocycles. The van der Waals surface area contributed by atoms with Crippen molar-refractivity contribution >= 4 is 22.9 Å². The highest BCUT2D eigenvalue weighted by Gasteiger charge is 2.18. The van der Waals surface area contributed by atoms with Crippen molar-refractivity contribution in [3.63, 3.8) is 0 Å². The van der Waals surface area contributed by atoms with Crippen LogP contribution in [0.25, 0.3) is 27.5 Å². The van der Waals surface area contributed by atoms with E-state index in [4.69, 9.17) is 5.73 Å². The molecule has 0 unspecified atom stereocenters. The summed E-state index contributed by atoms with van der Waals surface area (Å²) < 4.78 is 1.72. The fraction of sp³-hybridized carbons (Fsp3) is 0. The summed E-state index contributed by atoms with van der Waals surface area (Å²) in [5, 5.41) is 2.86. The number of imidazole rings is 1. The molecule has 4 rings (SSSR count). The summed E-state index contributed by atoms with van der Waals surface area (Å²) in [5.74, 6) is -0.502. The van der Waals surface area contributed by atoms with Gasteiger partial charge in [-0.05, 0) is 18.2 Å². The zero-order valence-corrected chi connectivity index (χ0v) is 12.8. The van der Waals surface area contributed by atoms with Crippen LogP contribution in [0, 0.1) is 0 Å². The molecule has 5 nitrogen and oxygen atoms in total. The van der Waals surface area contributed by atoms with Crippen LogP contribution in [0.5, 0.6) is 0 Å². The molecule has 0 atom stereocenters. The highest BCUT2D eigenvalue weighted by molar-refractivity contribution is 7.13. The summed E-state index contributed by atoms with van der Waals surface area (Å²) in [6, 6.07) is 13.4. The second-order valence-corrected chi connectivity index (χ2v) is 5.91. The van der Waals surface area contributed by atoms with Crippen LogP contribution in [0.1, 0.15) is 10.5 Å². The fourth-order valence-corrected chi connectivity index (χ4v) is 3.23. The minimum absolute atomic E-state index is 0.386. The van der Waals surface area contributed by atoms with E-state index in [1.165, 1.54) is 0 Å². The van der Waals surface area contributed by atoms with Crippen molar-refractivity contribution < 1.29 is 4.79 Å². The number of aromatic nitrogens is 3. The van der Waals surface area contributed by atoms with Crippen molar-refractivity contribution in [2.24, 2.45) is 5.73 Å². The third kappa shape index (κ3) is 2.29. The van der Waals surface area contributed by atoms with Gasteiger partial charge in [-0.2, -0.15) is 0 Å². The maximum Gasteiger partial charge on any atom is 0.268 e. The van der Waals surface area contributed by atoms with Crippen molar-refractivity contribution in [2.75, 3.05) is 0 Å². The Morgan fingerprint density at radius 1 is 1.13 bits per heavy atom. The van der Waals surface area contributed by atoms with Gasteiger partial charge in [-0.25, -0.2) is 9.97 Å². The Hall–Kier alpha value is -2.99. The predicted molar refractivity (Wildman–Crippen MR) is 90.3 cm³/mol. The molecule has 3 heterocycles. The molecule has 4 aromatic rings. The number of nitrogens with two attached hydrogens (primary N) is 1. The minimum atomic E-state index is -0.502. The number of amides is 1. The van der Waals surface area contributed by atoms with E-state index in [9.17, 15) is 4.79 Å². The van der Waals surface area contributed by atoms with E-state index in [1.807, 2.05) is 47.8 Å². The third-order valence-electron chi connectivity index (χ3n) is 3.58. The van der Waals surface area contributed by atoms with E-state index in [1.54, 1.807) is 28.1 Å². The molecule has 0 aliphatic carbocycles. The van der Waals surface area contributed by atoms with Crippen LogP contribution in [0.15, 0.2) is 60.2 Å². The summed E-state index contributed by atoms with van der Waals surface area (Å²) >= 11 is 1.57. The Bertz CT molecular complexity index is 1000. The molecule has 0 spiro atoms. The Morgan fingerprint density at radius 2 is 2.00 bits per heavy atom. The van der Waals surface area contributed by atoms with Gasteiger partial charge >= 0.3 is 0 Å². The van der Waals surface area contributed by atoms with Crippen molar-refractivity contribution in [2.45, 2.75) is 0 Å². The third-order valence-corrected chi connectivity index (χ3v) is 4.40. The first-order valence-electron chi connectivity index (χ1n) is 7.01. The smallest absolute Gasteiger partial charge is 0.268 e. The molecule has 0 aliphatic rings. The van der Waals surface area contributed by atoms with Crippen molar-refractivity contribution in [1.82, 2.24) is 14.4 Å². The highest BCUT2D eigenvalue weighted by Crippen LogP contribution is 2.29. The summed E-state index contributed by atoms with van der Waals surface area (Å²) in [6.45, 7) is 0. The molecule has 112 valence electrons. The van der Waals surface area contributed by atoms with Gasteiger partial charge in [0.15, 0.2) is 0 Å². The largest absolute Gasteiger partial charge is 0.364 e. The number of benzene rings is 1. The molecule has 23 heavy (non-hydrogen) atoms. The molecule has 6 heteroatoms. The van der Waals surface area contributed by atoms with E-state index in [-0.39, 0.29) is 0 Å². The zero-order valence-electron chi connectivity index (χ0n) is 12.0. The number of carbonyl (C=O) groups excluding carboxylic acids is 1. The van der Waals surface area contributed by atoms with Crippen LogP contribution in [0.4, 0.5) is 0 Å². The quantitative estimate of drug-likeness (QED) is 0.630. The number of nitrogens with zero attached hydrogens (tertiary/aromatic N) is 3. The minimum Gasteiger partial charge on any atom is -0.364 e. The molecular formula is C17H12N4OS. The standard InChI is InChI=1S/C17H12N4OS/c18-16(22)15-14(20-13-6-1-2-8-21(13)15)11-4-3-5-12(10-11)17-19-7-9-23-17/h1-10H,(H2,18,22). The molecule has 0 radical (unpaired) electrons. The Kier molecular flexibility index (Phi) is 3.17. The second-order valence-electron chi connectivity index (χ2n) is 5.02. The Morgan fingerprint density at radius 3 is 2.78 bits per heavy atom. The summed E-state index contributed by atoms with van der Waals surface area (Å²) in [6.07, 6.45) is 3.56. The molecule has 0 saturated carbocycles. The van der Waals surface area contributed by atoms with Crippen LogP contribution in [0.2, 0.25) is 0 Å². The number of thiazole rings is 1. The van der Waals surface area contributed by atoms with Crippen LogP contribution < -0.4 is 5.73 Å². The van der Waals surface area contributed by atoms with E-state index < -0.39 is 5.91 Å². The highest BCUT2D eigenvalue weighted by atomic mass is 32.1. The van der Waals surface area contributed by atoms with E-state index >= 15 is 0 Å². The summed E-state index contributed by atoms with van der Waals surface area (Å²) in [7, 11) is 0. The first-order valence-corrected chi connectivity index (χ1v) is 7.89. The number of fused-ring (bicyclic) bond motifs is 1. The van der Waals surface area contributed by atoms with Gasteiger partial charge in [-0.3, -0.25) is 9.20 Å². The molecule has 3 aromatic heterocycles. The molecule has 0 bridgehead atoms. The first kappa shape index (κ1) is 13.7. The van der Waals surface area contributed by atoms with Crippen LogP contribution in [-0.2, 0) is 0 Å².